The van der Waals surface area contributed by atoms with Crippen LogP contribution in [0.1, 0.15) is 5.56 Å². The zero-order valence-corrected chi connectivity index (χ0v) is 14.7. The van der Waals surface area contributed by atoms with Crippen molar-refractivity contribution >= 4 is 22.5 Å². The molecule has 0 aliphatic carbocycles. The Hall–Kier alpha value is -3.22. The molecule has 0 fully saturated rings. The molecular weight excluding hydrogens is 339 g/mol. The Morgan fingerprint density at radius 2 is 1.77 bits per heavy atom. The lowest BCUT2D eigenvalue weighted by Crippen LogP contribution is -2.14. The molecule has 1 heterocycles. The first-order valence-corrected chi connectivity index (χ1v) is 7.91. The highest BCUT2D eigenvalue weighted by atomic mass is 19.1. The second-order valence-electron chi connectivity index (χ2n) is 5.61. The molecule has 0 saturated heterocycles. The van der Waals surface area contributed by atoms with Gasteiger partial charge in [-0.2, -0.15) is 0 Å². The maximum Gasteiger partial charge on any atom is 0.228 e. The lowest BCUT2D eigenvalue weighted by molar-refractivity contribution is -0.115. The van der Waals surface area contributed by atoms with Gasteiger partial charge in [0.1, 0.15) is 5.82 Å². The van der Waals surface area contributed by atoms with Gasteiger partial charge < -0.3 is 24.5 Å². The Morgan fingerprint density at radius 3 is 2.38 bits per heavy atom. The maximum atomic E-state index is 13.0. The number of hydrogen-bond acceptors (Lipinski definition) is 4. The van der Waals surface area contributed by atoms with E-state index in [1.54, 1.807) is 19.4 Å². The fourth-order valence-electron chi connectivity index (χ4n) is 2.88. The molecule has 0 spiro atoms. The molecule has 136 valence electrons. The summed E-state index contributed by atoms with van der Waals surface area (Å²) in [5, 5.41) is 3.49. The summed E-state index contributed by atoms with van der Waals surface area (Å²) in [5.74, 6) is 0.899. The lowest BCUT2D eigenvalue weighted by atomic mass is 10.1. The topological polar surface area (TPSA) is 72.6 Å². The molecule has 0 atom stereocenters. The molecule has 1 amide bonds. The van der Waals surface area contributed by atoms with E-state index in [9.17, 15) is 9.18 Å². The molecule has 0 aliphatic heterocycles. The number of ether oxygens (including phenoxy) is 3. The van der Waals surface area contributed by atoms with Crippen LogP contribution >= 0.6 is 0 Å². The molecule has 2 N–H and O–H groups in total. The van der Waals surface area contributed by atoms with Crippen LogP contribution in [0, 0.1) is 5.82 Å². The third-order valence-corrected chi connectivity index (χ3v) is 4.03. The van der Waals surface area contributed by atoms with Crippen LogP contribution in [-0.4, -0.2) is 32.2 Å². The average molecular weight is 358 g/mol. The summed E-state index contributed by atoms with van der Waals surface area (Å²) in [4.78, 5) is 15.5. The molecular formula is C19H19FN2O4. The van der Waals surface area contributed by atoms with Crippen LogP contribution in [0.3, 0.4) is 0 Å². The molecule has 1 aromatic heterocycles. The largest absolute Gasteiger partial charge is 0.493 e. The van der Waals surface area contributed by atoms with Crippen molar-refractivity contribution in [1.29, 1.82) is 0 Å². The zero-order valence-electron chi connectivity index (χ0n) is 14.7. The van der Waals surface area contributed by atoms with Crippen molar-refractivity contribution in [2.75, 3.05) is 26.6 Å². The van der Waals surface area contributed by atoms with E-state index in [2.05, 4.69) is 10.3 Å². The average Bonchev–Trinajstić information content (AvgIpc) is 3.04. The Balaban J connectivity index is 1.92. The van der Waals surface area contributed by atoms with E-state index in [0.717, 1.165) is 16.5 Å². The maximum absolute atomic E-state index is 13.0. The summed E-state index contributed by atoms with van der Waals surface area (Å²) in [7, 11) is 4.61. The van der Waals surface area contributed by atoms with E-state index < -0.39 is 0 Å². The van der Waals surface area contributed by atoms with Crippen LogP contribution in [0.15, 0.2) is 36.5 Å². The van der Waals surface area contributed by atoms with Crippen molar-refractivity contribution in [3.8, 4) is 17.2 Å². The Kier molecular flexibility index (Phi) is 4.97. The monoisotopic (exact) mass is 358 g/mol. The minimum absolute atomic E-state index is 0.114. The van der Waals surface area contributed by atoms with Gasteiger partial charge in [0.15, 0.2) is 11.5 Å². The van der Waals surface area contributed by atoms with Crippen LogP contribution in [0.2, 0.25) is 0 Å². The molecule has 7 heteroatoms. The number of nitrogens with one attached hydrogen (secondary N) is 2. The van der Waals surface area contributed by atoms with Crippen LogP contribution in [0.25, 0.3) is 10.9 Å². The number of aromatic nitrogens is 1. The number of rotatable bonds is 6. The fraction of sp³-hybridized carbons (Fsp3) is 0.211. The number of fused-ring (bicyclic) bond motifs is 1. The van der Waals surface area contributed by atoms with Gasteiger partial charge in [0.25, 0.3) is 0 Å². The van der Waals surface area contributed by atoms with Crippen molar-refractivity contribution in [2.24, 2.45) is 0 Å². The quantitative estimate of drug-likeness (QED) is 0.707. The SMILES string of the molecule is COc1cc2[nH]cc(CC(=O)Nc3ccc(F)cc3)c2c(OC)c1OC. The third-order valence-electron chi connectivity index (χ3n) is 4.03. The number of H-pyrrole nitrogens is 1. The third kappa shape index (κ3) is 3.28. The van der Waals surface area contributed by atoms with E-state index in [0.29, 0.717) is 22.9 Å². The number of carbonyl (C=O) groups is 1. The second-order valence-corrected chi connectivity index (χ2v) is 5.61. The van der Waals surface area contributed by atoms with Crippen LogP contribution in [-0.2, 0) is 11.2 Å². The first-order chi connectivity index (χ1) is 12.6. The zero-order chi connectivity index (χ0) is 18.7. The summed E-state index contributed by atoms with van der Waals surface area (Å²) in [5.41, 5.74) is 2.05. The van der Waals surface area contributed by atoms with E-state index in [1.165, 1.54) is 38.5 Å². The Bertz CT molecular complexity index is 935. The second kappa shape index (κ2) is 7.35. The van der Waals surface area contributed by atoms with Gasteiger partial charge in [-0.15, -0.1) is 0 Å². The minimum Gasteiger partial charge on any atom is -0.493 e. The first-order valence-electron chi connectivity index (χ1n) is 7.91. The molecule has 0 unspecified atom stereocenters. The van der Waals surface area contributed by atoms with Crippen LogP contribution < -0.4 is 19.5 Å². The van der Waals surface area contributed by atoms with E-state index in [4.69, 9.17) is 14.2 Å². The number of anilines is 1. The van der Waals surface area contributed by atoms with Gasteiger partial charge in [-0.05, 0) is 29.8 Å². The van der Waals surface area contributed by atoms with Gasteiger partial charge in [0.2, 0.25) is 11.7 Å². The fourth-order valence-corrected chi connectivity index (χ4v) is 2.88. The van der Waals surface area contributed by atoms with Crippen molar-refractivity contribution in [3.63, 3.8) is 0 Å². The predicted octanol–water partition coefficient (Wildman–Crippen LogP) is 3.51. The summed E-state index contributed by atoms with van der Waals surface area (Å²) >= 11 is 0. The van der Waals surface area contributed by atoms with Crippen molar-refractivity contribution in [1.82, 2.24) is 4.98 Å². The Labute approximate surface area is 149 Å². The Morgan fingerprint density at radius 1 is 1.08 bits per heavy atom. The van der Waals surface area contributed by atoms with Gasteiger partial charge in [-0.1, -0.05) is 0 Å². The smallest absolute Gasteiger partial charge is 0.228 e. The molecule has 3 rings (SSSR count). The standard InChI is InChI=1S/C19H19FN2O4/c1-24-15-9-14-17(19(26-3)18(15)25-2)11(10-21-14)8-16(23)22-13-6-4-12(20)5-7-13/h4-7,9-10,21H,8H2,1-3H3,(H,22,23). The lowest BCUT2D eigenvalue weighted by Gasteiger charge is -2.14. The number of hydrogen-bond donors (Lipinski definition) is 2. The highest BCUT2D eigenvalue weighted by Gasteiger charge is 2.20. The van der Waals surface area contributed by atoms with Gasteiger partial charge in [-0.3, -0.25) is 4.79 Å². The van der Waals surface area contributed by atoms with Gasteiger partial charge in [-0.25, -0.2) is 4.39 Å². The van der Waals surface area contributed by atoms with Crippen molar-refractivity contribution < 1.29 is 23.4 Å². The number of methoxy groups -OCH3 is 3. The van der Waals surface area contributed by atoms with Crippen molar-refractivity contribution in [3.05, 3.63) is 47.9 Å². The number of halogens is 1. The number of carbonyl (C=O) groups excluding carboxylic acids is 1. The molecule has 6 nitrogen and oxygen atoms in total. The first kappa shape index (κ1) is 17.6. The molecule has 0 radical (unpaired) electrons. The van der Waals surface area contributed by atoms with Gasteiger partial charge >= 0.3 is 0 Å². The van der Waals surface area contributed by atoms with Gasteiger partial charge in [0, 0.05) is 23.3 Å². The molecule has 0 aliphatic rings. The summed E-state index contributed by atoms with van der Waals surface area (Å²) in [6.45, 7) is 0. The predicted molar refractivity (Wildman–Crippen MR) is 96.7 cm³/mol. The van der Waals surface area contributed by atoms with E-state index in [-0.39, 0.29) is 18.1 Å². The van der Waals surface area contributed by atoms with Crippen LogP contribution in [0.4, 0.5) is 10.1 Å². The molecule has 3 aromatic rings. The molecule has 0 saturated carbocycles. The van der Waals surface area contributed by atoms with E-state index >= 15 is 0 Å². The minimum atomic E-state index is -0.356. The normalized spacial score (nSPS) is 10.6. The van der Waals surface area contributed by atoms with Crippen molar-refractivity contribution in [2.45, 2.75) is 6.42 Å². The highest BCUT2D eigenvalue weighted by molar-refractivity contribution is 5.99. The molecule has 2 aromatic carbocycles. The summed E-state index contributed by atoms with van der Waals surface area (Å²) in [6.07, 6.45) is 1.86. The molecule has 0 bridgehead atoms. The number of aromatic amines is 1. The highest BCUT2D eigenvalue weighted by Crippen LogP contribution is 2.44. The number of benzene rings is 2. The van der Waals surface area contributed by atoms with E-state index in [1.807, 2.05) is 0 Å². The summed E-state index contributed by atoms with van der Waals surface area (Å²) < 4.78 is 29.2. The summed E-state index contributed by atoms with van der Waals surface area (Å²) in [6, 6.07) is 7.40. The molecule has 26 heavy (non-hydrogen) atoms. The van der Waals surface area contributed by atoms with Gasteiger partial charge in [0.05, 0.1) is 33.3 Å². The van der Waals surface area contributed by atoms with Crippen LogP contribution in [0.5, 0.6) is 17.2 Å². The number of amides is 1.